The van der Waals surface area contributed by atoms with Crippen molar-refractivity contribution >= 4 is 11.9 Å². The minimum atomic E-state index is -0.673. The van der Waals surface area contributed by atoms with E-state index in [1.54, 1.807) is 31.2 Å². The average molecular weight is 334 g/mol. The van der Waals surface area contributed by atoms with Crippen LogP contribution in [0.3, 0.4) is 0 Å². The van der Waals surface area contributed by atoms with E-state index in [4.69, 9.17) is 9.47 Å². The maximum atomic E-state index is 11.6. The molecule has 1 N–H and O–H groups in total. The highest BCUT2D eigenvalue weighted by Gasteiger charge is 2.18. The number of carbonyl (C=O) groups is 2. The van der Waals surface area contributed by atoms with Crippen molar-refractivity contribution in [3.8, 4) is 11.6 Å². The SMILES string of the molecule is CCOC(=O)c1ncn(CCOc2ccc(C(=O)OC)cc2)c1O. The summed E-state index contributed by atoms with van der Waals surface area (Å²) in [6.07, 6.45) is 1.34. The van der Waals surface area contributed by atoms with Gasteiger partial charge in [0, 0.05) is 0 Å². The van der Waals surface area contributed by atoms with Gasteiger partial charge in [-0.15, -0.1) is 0 Å². The molecule has 1 heterocycles. The van der Waals surface area contributed by atoms with Crippen LogP contribution >= 0.6 is 0 Å². The van der Waals surface area contributed by atoms with Gasteiger partial charge in [-0.2, -0.15) is 0 Å². The third-order valence-electron chi connectivity index (χ3n) is 3.16. The van der Waals surface area contributed by atoms with Gasteiger partial charge in [0.2, 0.25) is 11.6 Å². The molecule has 0 saturated heterocycles. The van der Waals surface area contributed by atoms with Crippen LogP contribution in [0, 0.1) is 0 Å². The summed E-state index contributed by atoms with van der Waals surface area (Å²) in [4.78, 5) is 26.7. The second kappa shape index (κ2) is 8.00. The second-order valence-electron chi connectivity index (χ2n) is 4.70. The lowest BCUT2D eigenvalue weighted by atomic mass is 10.2. The first-order valence-electron chi connectivity index (χ1n) is 7.29. The Hall–Kier alpha value is -3.03. The third-order valence-corrected chi connectivity index (χ3v) is 3.16. The minimum Gasteiger partial charge on any atom is -0.493 e. The molecule has 0 aliphatic carbocycles. The number of carbonyl (C=O) groups excluding carboxylic acids is 2. The van der Waals surface area contributed by atoms with Crippen molar-refractivity contribution in [1.82, 2.24) is 9.55 Å². The first kappa shape index (κ1) is 17.3. The van der Waals surface area contributed by atoms with E-state index in [-0.39, 0.29) is 31.3 Å². The molecule has 2 rings (SSSR count). The number of hydrogen-bond donors (Lipinski definition) is 1. The van der Waals surface area contributed by atoms with E-state index < -0.39 is 11.9 Å². The van der Waals surface area contributed by atoms with Gasteiger partial charge in [-0.3, -0.25) is 4.57 Å². The highest BCUT2D eigenvalue weighted by atomic mass is 16.5. The summed E-state index contributed by atoms with van der Waals surface area (Å²) >= 11 is 0. The first-order valence-corrected chi connectivity index (χ1v) is 7.29. The van der Waals surface area contributed by atoms with Gasteiger partial charge in [-0.1, -0.05) is 0 Å². The van der Waals surface area contributed by atoms with Gasteiger partial charge < -0.3 is 19.3 Å². The summed E-state index contributed by atoms with van der Waals surface area (Å²) in [5.74, 6) is -0.796. The quantitative estimate of drug-likeness (QED) is 0.768. The Morgan fingerprint density at radius 1 is 1.21 bits per heavy atom. The lowest BCUT2D eigenvalue weighted by molar-refractivity contribution is 0.0515. The molecule has 0 aliphatic heterocycles. The maximum Gasteiger partial charge on any atom is 0.362 e. The number of esters is 2. The predicted octanol–water partition coefficient (Wildman–Crippen LogP) is 1.63. The highest BCUT2D eigenvalue weighted by Crippen LogP contribution is 2.17. The van der Waals surface area contributed by atoms with Crippen molar-refractivity contribution in [2.24, 2.45) is 0 Å². The van der Waals surface area contributed by atoms with E-state index >= 15 is 0 Å². The van der Waals surface area contributed by atoms with Crippen molar-refractivity contribution in [2.45, 2.75) is 13.5 Å². The number of aromatic hydroxyl groups is 1. The zero-order chi connectivity index (χ0) is 17.5. The molecule has 0 radical (unpaired) electrons. The van der Waals surface area contributed by atoms with Crippen molar-refractivity contribution in [1.29, 1.82) is 0 Å². The minimum absolute atomic E-state index is 0.126. The van der Waals surface area contributed by atoms with E-state index in [1.165, 1.54) is 18.0 Å². The molecule has 0 atom stereocenters. The van der Waals surface area contributed by atoms with Crippen LogP contribution in [0.1, 0.15) is 27.8 Å². The van der Waals surface area contributed by atoms with Crippen LogP contribution in [0.4, 0.5) is 0 Å². The molecule has 0 unspecified atom stereocenters. The van der Waals surface area contributed by atoms with Crippen molar-refractivity contribution in [3.63, 3.8) is 0 Å². The standard InChI is InChI=1S/C16H18N2O6/c1-3-23-16(21)13-14(19)18(10-17-13)8-9-24-12-6-4-11(5-7-12)15(20)22-2/h4-7,10,19H,3,8-9H2,1-2H3. The van der Waals surface area contributed by atoms with E-state index in [9.17, 15) is 14.7 Å². The van der Waals surface area contributed by atoms with Gasteiger partial charge in [-0.05, 0) is 31.2 Å². The van der Waals surface area contributed by atoms with E-state index in [0.29, 0.717) is 11.3 Å². The Bertz CT molecular complexity index is 708. The van der Waals surface area contributed by atoms with Crippen molar-refractivity contribution < 1.29 is 28.9 Å². The number of imidazole rings is 1. The molecule has 0 spiro atoms. The van der Waals surface area contributed by atoms with E-state index in [2.05, 4.69) is 9.72 Å². The Kier molecular flexibility index (Phi) is 5.78. The van der Waals surface area contributed by atoms with Crippen LogP contribution in [0.15, 0.2) is 30.6 Å². The number of benzene rings is 1. The first-order chi connectivity index (χ1) is 11.6. The third kappa shape index (κ3) is 4.03. The Balaban J connectivity index is 1.90. The van der Waals surface area contributed by atoms with Gasteiger partial charge >= 0.3 is 11.9 Å². The molecule has 0 aliphatic rings. The molecule has 8 nitrogen and oxygen atoms in total. The molecule has 0 bridgehead atoms. The molecule has 8 heteroatoms. The number of aromatic nitrogens is 2. The fourth-order valence-electron chi connectivity index (χ4n) is 1.95. The lowest BCUT2D eigenvalue weighted by Crippen LogP contribution is -2.09. The Labute approximate surface area is 138 Å². The monoisotopic (exact) mass is 334 g/mol. The smallest absolute Gasteiger partial charge is 0.362 e. The van der Waals surface area contributed by atoms with Crippen molar-refractivity contribution in [3.05, 3.63) is 41.9 Å². The fraction of sp³-hybridized carbons (Fsp3) is 0.312. The van der Waals surface area contributed by atoms with Gasteiger partial charge in [0.1, 0.15) is 12.4 Å². The molecule has 0 saturated carbocycles. The molecule has 0 fully saturated rings. The molecular formula is C16H18N2O6. The number of rotatable bonds is 7. The number of nitrogens with zero attached hydrogens (tertiary/aromatic N) is 2. The second-order valence-corrected chi connectivity index (χ2v) is 4.70. The van der Waals surface area contributed by atoms with Crippen molar-refractivity contribution in [2.75, 3.05) is 20.3 Å². The molecule has 1 aromatic heterocycles. The summed E-state index contributed by atoms with van der Waals surface area (Å²) in [6.45, 7) is 2.40. The summed E-state index contributed by atoms with van der Waals surface area (Å²) in [6, 6.07) is 6.47. The fourth-order valence-corrected chi connectivity index (χ4v) is 1.95. The molecule has 128 valence electrons. The van der Waals surface area contributed by atoms with Gasteiger partial charge in [-0.25, -0.2) is 14.6 Å². The van der Waals surface area contributed by atoms with Crippen LogP contribution in [0.2, 0.25) is 0 Å². The maximum absolute atomic E-state index is 11.6. The number of ether oxygens (including phenoxy) is 3. The van der Waals surface area contributed by atoms with Gasteiger partial charge in [0.25, 0.3) is 0 Å². The Morgan fingerprint density at radius 3 is 2.54 bits per heavy atom. The lowest BCUT2D eigenvalue weighted by Gasteiger charge is -2.08. The summed E-state index contributed by atoms with van der Waals surface area (Å²) in [7, 11) is 1.31. The normalized spacial score (nSPS) is 10.2. The van der Waals surface area contributed by atoms with Gasteiger partial charge in [0.05, 0.1) is 32.2 Å². The summed E-state index contributed by atoms with van der Waals surface area (Å²) in [5, 5.41) is 9.94. The van der Waals surface area contributed by atoms with Crippen LogP contribution in [0.25, 0.3) is 0 Å². The number of hydrogen-bond acceptors (Lipinski definition) is 7. The van der Waals surface area contributed by atoms with Crippen LogP contribution in [-0.4, -0.2) is 46.9 Å². The summed E-state index contributed by atoms with van der Waals surface area (Å²) in [5.41, 5.74) is 0.301. The molecule has 2 aromatic rings. The zero-order valence-electron chi connectivity index (χ0n) is 13.4. The predicted molar refractivity (Wildman–Crippen MR) is 83.1 cm³/mol. The summed E-state index contributed by atoms with van der Waals surface area (Å²) < 4.78 is 16.3. The molecule has 0 amide bonds. The molecule has 24 heavy (non-hydrogen) atoms. The highest BCUT2D eigenvalue weighted by molar-refractivity contribution is 5.90. The largest absolute Gasteiger partial charge is 0.493 e. The topological polar surface area (TPSA) is 99.9 Å². The average Bonchev–Trinajstić information content (AvgIpc) is 2.96. The number of methoxy groups -OCH3 is 1. The van der Waals surface area contributed by atoms with Crippen LogP contribution < -0.4 is 4.74 Å². The molecule has 1 aromatic carbocycles. The van der Waals surface area contributed by atoms with E-state index in [1.807, 2.05) is 0 Å². The molecular weight excluding hydrogens is 316 g/mol. The van der Waals surface area contributed by atoms with E-state index in [0.717, 1.165) is 0 Å². The van der Waals surface area contributed by atoms with Crippen LogP contribution in [-0.2, 0) is 16.0 Å². The Morgan fingerprint density at radius 2 is 1.92 bits per heavy atom. The van der Waals surface area contributed by atoms with Crippen LogP contribution in [0.5, 0.6) is 11.6 Å². The van der Waals surface area contributed by atoms with Gasteiger partial charge in [0.15, 0.2) is 0 Å². The zero-order valence-corrected chi connectivity index (χ0v) is 13.4.